The Balaban J connectivity index is 2.05. The summed E-state index contributed by atoms with van der Waals surface area (Å²) in [6.45, 7) is 0. The van der Waals surface area contributed by atoms with Crippen molar-refractivity contribution in [1.29, 1.82) is 0 Å². The molecule has 1 aliphatic carbocycles. The number of rotatable bonds is 3. The fourth-order valence-corrected chi connectivity index (χ4v) is 1.70. The van der Waals surface area contributed by atoms with Crippen LogP contribution in [0.3, 0.4) is 0 Å². The van der Waals surface area contributed by atoms with Gasteiger partial charge in [-0.3, -0.25) is 0 Å². The zero-order chi connectivity index (χ0) is 11.8. The van der Waals surface area contributed by atoms with Crippen molar-refractivity contribution in [3.63, 3.8) is 0 Å². The Morgan fingerprint density at radius 2 is 1.75 bits per heavy atom. The van der Waals surface area contributed by atoms with Crippen LogP contribution in [0.25, 0.3) is 0 Å². The maximum Gasteiger partial charge on any atom is 0.416 e. The van der Waals surface area contributed by atoms with Crippen LogP contribution in [0.2, 0.25) is 0 Å². The highest BCUT2D eigenvalue weighted by atomic mass is 19.4. The van der Waals surface area contributed by atoms with E-state index in [9.17, 15) is 18.3 Å². The lowest BCUT2D eigenvalue weighted by Crippen LogP contribution is -2.05. The van der Waals surface area contributed by atoms with Crippen LogP contribution < -0.4 is 0 Å². The second-order valence-electron chi connectivity index (χ2n) is 4.31. The molecule has 0 radical (unpaired) electrons. The monoisotopic (exact) mass is 230 g/mol. The van der Waals surface area contributed by atoms with Crippen LogP contribution in [-0.2, 0) is 6.18 Å². The fourth-order valence-electron chi connectivity index (χ4n) is 1.70. The number of aliphatic hydroxyl groups is 1. The molecule has 1 aromatic carbocycles. The van der Waals surface area contributed by atoms with Gasteiger partial charge in [0.2, 0.25) is 0 Å². The summed E-state index contributed by atoms with van der Waals surface area (Å²) >= 11 is 0. The number of hydrogen-bond donors (Lipinski definition) is 1. The first-order valence-corrected chi connectivity index (χ1v) is 5.32. The number of hydrogen-bond acceptors (Lipinski definition) is 1. The molecular weight excluding hydrogens is 217 g/mol. The second kappa shape index (κ2) is 4.09. The maximum atomic E-state index is 12.3. The number of halogens is 3. The molecule has 1 nitrogen and oxygen atoms in total. The highest BCUT2D eigenvalue weighted by Crippen LogP contribution is 2.38. The van der Waals surface area contributed by atoms with E-state index in [1.807, 2.05) is 0 Å². The van der Waals surface area contributed by atoms with E-state index in [0.29, 0.717) is 17.9 Å². The van der Waals surface area contributed by atoms with E-state index in [0.717, 1.165) is 25.0 Å². The predicted molar refractivity (Wildman–Crippen MR) is 53.7 cm³/mol. The molecule has 1 saturated carbocycles. The third kappa shape index (κ3) is 2.76. The highest BCUT2D eigenvalue weighted by Gasteiger charge is 2.30. The van der Waals surface area contributed by atoms with Crippen LogP contribution in [0.5, 0.6) is 0 Å². The largest absolute Gasteiger partial charge is 0.416 e. The molecule has 0 heterocycles. The summed E-state index contributed by atoms with van der Waals surface area (Å²) in [5, 5.41) is 9.74. The lowest BCUT2D eigenvalue weighted by atomic mass is 10.0. The summed E-state index contributed by atoms with van der Waals surface area (Å²) in [6, 6.07) is 4.75. The van der Waals surface area contributed by atoms with Gasteiger partial charge in [-0.15, -0.1) is 0 Å². The highest BCUT2D eigenvalue weighted by molar-refractivity contribution is 5.26. The molecule has 1 fully saturated rings. The molecule has 0 bridgehead atoms. The van der Waals surface area contributed by atoms with Crippen LogP contribution in [-0.4, -0.2) is 5.11 Å². The summed E-state index contributed by atoms with van der Waals surface area (Å²) in [4.78, 5) is 0. The minimum absolute atomic E-state index is 0.553. The Morgan fingerprint density at radius 1 is 1.19 bits per heavy atom. The fraction of sp³-hybridized carbons (Fsp3) is 0.500. The maximum absolute atomic E-state index is 12.3. The van der Waals surface area contributed by atoms with E-state index in [-0.39, 0.29) is 0 Å². The zero-order valence-corrected chi connectivity index (χ0v) is 8.67. The molecule has 0 aromatic heterocycles. The molecule has 2 rings (SSSR count). The van der Waals surface area contributed by atoms with Crippen molar-refractivity contribution in [2.75, 3.05) is 0 Å². The molecule has 1 N–H and O–H groups in total. The van der Waals surface area contributed by atoms with Gasteiger partial charge in [-0.25, -0.2) is 0 Å². The third-order valence-corrected chi connectivity index (χ3v) is 2.88. The van der Waals surface area contributed by atoms with E-state index >= 15 is 0 Å². The molecule has 1 aliphatic rings. The van der Waals surface area contributed by atoms with Gasteiger partial charge in [0.1, 0.15) is 0 Å². The standard InChI is InChI=1S/C12H13F3O/c13-12(14,15)10-5-3-9(4-6-10)11(16)7-8-1-2-8/h3-6,8,11,16H,1-2,7H2. The van der Waals surface area contributed by atoms with Crippen LogP contribution in [0.1, 0.15) is 36.5 Å². The van der Waals surface area contributed by atoms with Gasteiger partial charge in [-0.05, 0) is 30.0 Å². The minimum Gasteiger partial charge on any atom is -0.388 e. The summed E-state index contributed by atoms with van der Waals surface area (Å²) in [5.74, 6) is 0.553. The first-order chi connectivity index (χ1) is 7.47. The van der Waals surface area contributed by atoms with Crippen molar-refractivity contribution in [2.24, 2.45) is 5.92 Å². The van der Waals surface area contributed by atoms with Crippen LogP contribution in [0.15, 0.2) is 24.3 Å². The van der Waals surface area contributed by atoms with Crippen molar-refractivity contribution in [2.45, 2.75) is 31.5 Å². The van der Waals surface area contributed by atoms with E-state index in [1.165, 1.54) is 12.1 Å². The molecule has 0 spiro atoms. The lowest BCUT2D eigenvalue weighted by Gasteiger charge is -2.12. The minimum atomic E-state index is -4.31. The van der Waals surface area contributed by atoms with Gasteiger partial charge in [-0.2, -0.15) is 13.2 Å². The molecular formula is C12H13F3O. The Bertz CT molecular complexity index is 352. The summed E-state index contributed by atoms with van der Waals surface area (Å²) in [6.07, 6.45) is -2.03. The average Bonchev–Trinajstić information content (AvgIpc) is 3.00. The molecule has 0 saturated heterocycles. The van der Waals surface area contributed by atoms with Gasteiger partial charge >= 0.3 is 6.18 Å². The van der Waals surface area contributed by atoms with Crippen molar-refractivity contribution in [3.05, 3.63) is 35.4 Å². The SMILES string of the molecule is OC(CC1CC1)c1ccc(C(F)(F)F)cc1. The Hall–Kier alpha value is -1.03. The van der Waals surface area contributed by atoms with E-state index in [4.69, 9.17) is 0 Å². The molecule has 1 aromatic rings. The van der Waals surface area contributed by atoms with Gasteiger partial charge < -0.3 is 5.11 Å². The van der Waals surface area contributed by atoms with E-state index in [2.05, 4.69) is 0 Å². The first kappa shape index (κ1) is 11.5. The smallest absolute Gasteiger partial charge is 0.388 e. The van der Waals surface area contributed by atoms with Gasteiger partial charge in [0.25, 0.3) is 0 Å². The summed E-state index contributed by atoms with van der Waals surface area (Å²) in [5.41, 5.74) is -0.102. The van der Waals surface area contributed by atoms with Crippen molar-refractivity contribution < 1.29 is 18.3 Å². The normalized spacial score (nSPS) is 18.5. The first-order valence-electron chi connectivity index (χ1n) is 5.32. The van der Waals surface area contributed by atoms with Crippen LogP contribution >= 0.6 is 0 Å². The molecule has 4 heteroatoms. The van der Waals surface area contributed by atoms with Crippen LogP contribution in [0.4, 0.5) is 13.2 Å². The van der Waals surface area contributed by atoms with E-state index in [1.54, 1.807) is 0 Å². The lowest BCUT2D eigenvalue weighted by molar-refractivity contribution is -0.137. The van der Waals surface area contributed by atoms with Gasteiger partial charge in [0.05, 0.1) is 11.7 Å². The second-order valence-corrected chi connectivity index (χ2v) is 4.31. The Kier molecular flexibility index (Phi) is 2.93. The Labute approximate surface area is 91.9 Å². The van der Waals surface area contributed by atoms with Gasteiger partial charge in [0, 0.05) is 0 Å². The number of benzene rings is 1. The molecule has 16 heavy (non-hydrogen) atoms. The molecule has 0 amide bonds. The molecule has 1 atom stereocenters. The summed E-state index contributed by atoms with van der Waals surface area (Å²) < 4.78 is 36.8. The molecule has 88 valence electrons. The number of alkyl halides is 3. The molecule has 0 aliphatic heterocycles. The predicted octanol–water partition coefficient (Wildman–Crippen LogP) is 3.54. The van der Waals surface area contributed by atoms with Gasteiger partial charge in [-0.1, -0.05) is 25.0 Å². The van der Waals surface area contributed by atoms with Crippen molar-refractivity contribution >= 4 is 0 Å². The zero-order valence-electron chi connectivity index (χ0n) is 8.67. The molecule has 1 unspecified atom stereocenters. The number of aliphatic hydroxyl groups excluding tert-OH is 1. The topological polar surface area (TPSA) is 20.2 Å². The van der Waals surface area contributed by atoms with Gasteiger partial charge in [0.15, 0.2) is 0 Å². The quantitative estimate of drug-likeness (QED) is 0.842. The Morgan fingerprint density at radius 3 is 2.19 bits per heavy atom. The van der Waals surface area contributed by atoms with E-state index < -0.39 is 17.8 Å². The average molecular weight is 230 g/mol. The van der Waals surface area contributed by atoms with Crippen molar-refractivity contribution in [1.82, 2.24) is 0 Å². The van der Waals surface area contributed by atoms with Crippen molar-refractivity contribution in [3.8, 4) is 0 Å². The summed E-state index contributed by atoms with van der Waals surface area (Å²) in [7, 11) is 0. The van der Waals surface area contributed by atoms with Crippen LogP contribution in [0, 0.1) is 5.92 Å². The third-order valence-electron chi connectivity index (χ3n) is 2.88.